The number of hydrogen-bond donors (Lipinski definition) is 3. The maximum Gasteiger partial charge on any atom is 0.274 e. The van der Waals surface area contributed by atoms with Crippen LogP contribution in [0, 0.1) is 0 Å². The zero-order chi connectivity index (χ0) is 15.1. The third kappa shape index (κ3) is 4.19. The standard InChI is InChI=1S/C15H18N4O2/c1-2-9-21-13-6-3-11(4-7-13)18-15(20)14-8-5-12(19-16)10-17-14/h3-8,10,19H,2,9,16H2,1H3,(H,18,20). The zero-order valence-electron chi connectivity index (χ0n) is 11.8. The molecule has 2 rings (SSSR count). The van der Waals surface area contributed by atoms with Crippen LogP contribution in [0.2, 0.25) is 0 Å². The van der Waals surface area contributed by atoms with E-state index in [4.69, 9.17) is 10.6 Å². The molecule has 0 aliphatic carbocycles. The van der Waals surface area contributed by atoms with Crippen LogP contribution < -0.4 is 21.3 Å². The summed E-state index contributed by atoms with van der Waals surface area (Å²) in [7, 11) is 0. The highest BCUT2D eigenvalue weighted by molar-refractivity contribution is 6.02. The van der Waals surface area contributed by atoms with E-state index in [-0.39, 0.29) is 5.91 Å². The van der Waals surface area contributed by atoms with Crippen LogP contribution in [-0.4, -0.2) is 17.5 Å². The minimum atomic E-state index is -0.277. The van der Waals surface area contributed by atoms with E-state index in [1.807, 2.05) is 19.1 Å². The predicted molar refractivity (Wildman–Crippen MR) is 82.2 cm³/mol. The average Bonchev–Trinajstić information content (AvgIpc) is 2.54. The van der Waals surface area contributed by atoms with Gasteiger partial charge < -0.3 is 15.5 Å². The number of aromatic nitrogens is 1. The molecule has 0 unspecified atom stereocenters. The van der Waals surface area contributed by atoms with Gasteiger partial charge in [0.1, 0.15) is 11.4 Å². The Morgan fingerprint density at radius 2 is 1.90 bits per heavy atom. The highest BCUT2D eigenvalue weighted by atomic mass is 16.5. The Hall–Kier alpha value is -2.60. The summed E-state index contributed by atoms with van der Waals surface area (Å²) in [5.41, 5.74) is 4.11. The van der Waals surface area contributed by atoms with E-state index in [2.05, 4.69) is 15.7 Å². The molecule has 0 saturated heterocycles. The molecule has 1 aromatic carbocycles. The van der Waals surface area contributed by atoms with Gasteiger partial charge in [0.15, 0.2) is 0 Å². The molecule has 0 aliphatic rings. The van der Waals surface area contributed by atoms with E-state index in [0.717, 1.165) is 12.2 Å². The van der Waals surface area contributed by atoms with Gasteiger partial charge in [-0.15, -0.1) is 0 Å². The summed E-state index contributed by atoms with van der Waals surface area (Å²) in [4.78, 5) is 16.0. The Balaban J connectivity index is 1.98. The van der Waals surface area contributed by atoms with Gasteiger partial charge >= 0.3 is 0 Å². The predicted octanol–water partition coefficient (Wildman–Crippen LogP) is 2.41. The first kappa shape index (κ1) is 14.8. The van der Waals surface area contributed by atoms with Crippen molar-refractivity contribution in [3.8, 4) is 5.75 Å². The molecule has 6 heteroatoms. The Morgan fingerprint density at radius 1 is 1.19 bits per heavy atom. The van der Waals surface area contributed by atoms with Crippen molar-refractivity contribution < 1.29 is 9.53 Å². The molecule has 110 valence electrons. The number of ether oxygens (including phenoxy) is 1. The zero-order valence-corrected chi connectivity index (χ0v) is 11.8. The Bertz CT molecular complexity index is 582. The molecule has 0 saturated carbocycles. The van der Waals surface area contributed by atoms with Crippen molar-refractivity contribution in [3.05, 3.63) is 48.3 Å². The number of hydrogen-bond acceptors (Lipinski definition) is 5. The molecule has 4 N–H and O–H groups in total. The second-order valence-corrected chi connectivity index (χ2v) is 4.40. The quantitative estimate of drug-likeness (QED) is 0.560. The van der Waals surface area contributed by atoms with Gasteiger partial charge in [-0.05, 0) is 42.8 Å². The van der Waals surface area contributed by atoms with E-state index in [1.54, 1.807) is 24.3 Å². The highest BCUT2D eigenvalue weighted by Crippen LogP contribution is 2.16. The molecule has 0 radical (unpaired) electrons. The topological polar surface area (TPSA) is 89.3 Å². The fourth-order valence-electron chi connectivity index (χ4n) is 1.66. The van der Waals surface area contributed by atoms with Crippen LogP contribution in [0.4, 0.5) is 11.4 Å². The number of anilines is 2. The van der Waals surface area contributed by atoms with Gasteiger partial charge in [-0.25, -0.2) is 4.98 Å². The number of benzene rings is 1. The molecule has 21 heavy (non-hydrogen) atoms. The molecule has 0 atom stereocenters. The third-order valence-corrected chi connectivity index (χ3v) is 2.75. The van der Waals surface area contributed by atoms with Crippen molar-refractivity contribution in [2.24, 2.45) is 5.84 Å². The number of pyridine rings is 1. The lowest BCUT2D eigenvalue weighted by Gasteiger charge is -2.07. The number of nitrogen functional groups attached to an aromatic ring is 1. The van der Waals surface area contributed by atoms with Crippen molar-refractivity contribution in [2.45, 2.75) is 13.3 Å². The van der Waals surface area contributed by atoms with Crippen LogP contribution in [0.5, 0.6) is 5.75 Å². The number of rotatable bonds is 6. The van der Waals surface area contributed by atoms with Crippen LogP contribution in [0.3, 0.4) is 0 Å². The fourth-order valence-corrected chi connectivity index (χ4v) is 1.66. The van der Waals surface area contributed by atoms with Crippen molar-refractivity contribution in [3.63, 3.8) is 0 Å². The molecule has 1 amide bonds. The third-order valence-electron chi connectivity index (χ3n) is 2.75. The van der Waals surface area contributed by atoms with Crippen molar-refractivity contribution in [2.75, 3.05) is 17.3 Å². The fraction of sp³-hybridized carbons (Fsp3) is 0.200. The number of carbonyl (C=O) groups is 1. The summed E-state index contributed by atoms with van der Waals surface area (Å²) in [6, 6.07) is 10.5. The molecule has 6 nitrogen and oxygen atoms in total. The monoisotopic (exact) mass is 286 g/mol. The number of nitrogens with two attached hydrogens (primary N) is 1. The number of nitrogens with one attached hydrogen (secondary N) is 2. The summed E-state index contributed by atoms with van der Waals surface area (Å²) < 4.78 is 5.48. The molecule has 2 aromatic rings. The maximum absolute atomic E-state index is 12.0. The lowest BCUT2D eigenvalue weighted by atomic mass is 10.2. The molecule has 1 aromatic heterocycles. The van der Waals surface area contributed by atoms with Crippen LogP contribution in [0.1, 0.15) is 23.8 Å². The van der Waals surface area contributed by atoms with Crippen LogP contribution in [-0.2, 0) is 0 Å². The summed E-state index contributed by atoms with van der Waals surface area (Å²) in [5, 5.41) is 2.77. The second-order valence-electron chi connectivity index (χ2n) is 4.40. The number of carbonyl (C=O) groups excluding carboxylic acids is 1. The van der Waals surface area contributed by atoms with Gasteiger partial charge in [-0.2, -0.15) is 0 Å². The molecule has 1 heterocycles. The van der Waals surface area contributed by atoms with Gasteiger partial charge in [0.25, 0.3) is 5.91 Å². The molecule has 0 bridgehead atoms. The lowest BCUT2D eigenvalue weighted by molar-refractivity contribution is 0.102. The molecule has 0 spiro atoms. The number of amides is 1. The maximum atomic E-state index is 12.0. The second kappa shape index (κ2) is 7.25. The van der Waals surface area contributed by atoms with Crippen molar-refractivity contribution in [1.82, 2.24) is 4.98 Å². The van der Waals surface area contributed by atoms with Gasteiger partial charge in [0.05, 0.1) is 18.5 Å². The van der Waals surface area contributed by atoms with E-state index in [0.29, 0.717) is 23.7 Å². The SMILES string of the molecule is CCCOc1ccc(NC(=O)c2ccc(NN)cn2)cc1. The van der Waals surface area contributed by atoms with Crippen LogP contribution >= 0.6 is 0 Å². The normalized spacial score (nSPS) is 10.0. The smallest absolute Gasteiger partial charge is 0.274 e. The van der Waals surface area contributed by atoms with Gasteiger partial charge in [-0.1, -0.05) is 6.92 Å². The Kier molecular flexibility index (Phi) is 5.11. The van der Waals surface area contributed by atoms with Gasteiger partial charge in [0, 0.05) is 5.69 Å². The van der Waals surface area contributed by atoms with E-state index < -0.39 is 0 Å². The van der Waals surface area contributed by atoms with Crippen molar-refractivity contribution >= 4 is 17.3 Å². The van der Waals surface area contributed by atoms with E-state index in [9.17, 15) is 4.79 Å². The Labute approximate surface area is 123 Å². The molecular formula is C15H18N4O2. The van der Waals surface area contributed by atoms with Gasteiger partial charge in [-0.3, -0.25) is 10.6 Å². The molecule has 0 fully saturated rings. The van der Waals surface area contributed by atoms with Crippen LogP contribution in [0.15, 0.2) is 42.6 Å². The summed E-state index contributed by atoms with van der Waals surface area (Å²) in [6.45, 7) is 2.73. The first-order valence-electron chi connectivity index (χ1n) is 6.70. The first-order valence-corrected chi connectivity index (χ1v) is 6.70. The van der Waals surface area contributed by atoms with E-state index >= 15 is 0 Å². The number of hydrazine groups is 1. The lowest BCUT2D eigenvalue weighted by Crippen LogP contribution is -2.14. The summed E-state index contributed by atoms with van der Waals surface area (Å²) in [5.74, 6) is 5.75. The van der Waals surface area contributed by atoms with Gasteiger partial charge in [0.2, 0.25) is 0 Å². The molecule has 0 aliphatic heterocycles. The highest BCUT2D eigenvalue weighted by Gasteiger charge is 2.07. The number of nitrogens with zero attached hydrogens (tertiary/aromatic N) is 1. The summed E-state index contributed by atoms with van der Waals surface area (Å²) in [6.07, 6.45) is 2.45. The Morgan fingerprint density at radius 3 is 2.48 bits per heavy atom. The van der Waals surface area contributed by atoms with E-state index in [1.165, 1.54) is 6.20 Å². The van der Waals surface area contributed by atoms with Crippen molar-refractivity contribution in [1.29, 1.82) is 0 Å². The van der Waals surface area contributed by atoms with Crippen LogP contribution in [0.25, 0.3) is 0 Å². The first-order chi connectivity index (χ1) is 10.2. The summed E-state index contributed by atoms with van der Waals surface area (Å²) >= 11 is 0. The minimum Gasteiger partial charge on any atom is -0.494 e. The average molecular weight is 286 g/mol. The minimum absolute atomic E-state index is 0.277. The molecular weight excluding hydrogens is 268 g/mol. The largest absolute Gasteiger partial charge is 0.494 e.